The van der Waals surface area contributed by atoms with Gasteiger partial charge in [-0.15, -0.1) is 0 Å². The number of benzene rings is 3. The third kappa shape index (κ3) is 3.68. The summed E-state index contributed by atoms with van der Waals surface area (Å²) >= 11 is 0. The molecule has 0 atom stereocenters. The topological polar surface area (TPSA) is 147 Å². The molecule has 3 aromatic carbocycles. The summed E-state index contributed by atoms with van der Waals surface area (Å²) in [7, 11) is -8.52. The molecule has 3 rings (SSSR count). The van der Waals surface area contributed by atoms with Crippen LogP contribution in [-0.4, -0.2) is 26.5 Å². The molecule has 0 unspecified atom stereocenters. The van der Waals surface area contributed by atoms with Gasteiger partial charge < -0.3 is 10.8 Å². The molecule has 0 aliphatic carbocycles. The molecule has 27 heavy (non-hydrogen) atoms. The molecule has 0 aliphatic rings. The van der Waals surface area contributed by atoms with Gasteiger partial charge in [0.05, 0.1) is 15.5 Å². The van der Waals surface area contributed by atoms with Crippen LogP contribution >= 0.6 is 0 Å². The number of anilines is 2. The number of sulfonamides is 1. The molecule has 0 bridgehead atoms. The molecule has 0 aromatic heterocycles. The second-order valence-corrected chi connectivity index (χ2v) is 9.03. The highest BCUT2D eigenvalue weighted by Crippen LogP contribution is 2.33. The Morgan fingerprint density at radius 3 is 2.30 bits per heavy atom. The predicted octanol–water partition coefficient (Wildman–Crippen LogP) is 2.48. The van der Waals surface area contributed by atoms with Crippen LogP contribution in [-0.2, 0) is 20.1 Å². The summed E-state index contributed by atoms with van der Waals surface area (Å²) in [5.74, 6) is 0.00996. The minimum Gasteiger partial charge on any atom is -0.508 e. The van der Waals surface area contributed by atoms with Gasteiger partial charge in [-0.1, -0.05) is 12.1 Å². The second kappa shape index (κ2) is 6.41. The van der Waals surface area contributed by atoms with Crippen LogP contribution in [0.3, 0.4) is 0 Å². The lowest BCUT2D eigenvalue weighted by Crippen LogP contribution is -2.13. The molecule has 10 heteroatoms. The number of phenols is 1. The van der Waals surface area contributed by atoms with E-state index in [9.17, 15) is 21.9 Å². The molecular weight excluding hydrogens is 392 g/mol. The number of rotatable bonds is 4. The lowest BCUT2D eigenvalue weighted by Gasteiger charge is -2.12. The van der Waals surface area contributed by atoms with Gasteiger partial charge in [0, 0.05) is 17.1 Å². The zero-order chi connectivity index (χ0) is 20.0. The Hall–Kier alpha value is -2.82. The molecule has 3 aromatic rings. The van der Waals surface area contributed by atoms with Crippen LogP contribution < -0.4 is 10.5 Å². The number of nitrogens with two attached hydrogens (primary N) is 1. The fourth-order valence-electron chi connectivity index (χ4n) is 2.66. The van der Waals surface area contributed by atoms with Crippen molar-refractivity contribution >= 4 is 42.3 Å². The number of aryl methyl sites for hydroxylation is 1. The predicted molar refractivity (Wildman–Crippen MR) is 102 cm³/mol. The number of nitrogens with one attached hydrogen (secondary N) is 1. The smallest absolute Gasteiger partial charge is 0.294 e. The van der Waals surface area contributed by atoms with E-state index in [1.807, 2.05) is 0 Å². The lowest BCUT2D eigenvalue weighted by molar-refractivity contribution is 0.472. The van der Waals surface area contributed by atoms with Crippen molar-refractivity contribution in [3.05, 3.63) is 54.1 Å². The monoisotopic (exact) mass is 408 g/mol. The van der Waals surface area contributed by atoms with E-state index in [1.54, 1.807) is 6.92 Å². The van der Waals surface area contributed by atoms with Crippen molar-refractivity contribution < 1.29 is 26.5 Å². The van der Waals surface area contributed by atoms with Crippen molar-refractivity contribution in [1.82, 2.24) is 0 Å². The highest BCUT2D eigenvalue weighted by atomic mass is 32.2. The molecule has 0 aliphatic heterocycles. The summed E-state index contributed by atoms with van der Waals surface area (Å²) in [4.78, 5) is -0.527. The fraction of sp³-hybridized carbons (Fsp3) is 0.0588. The van der Waals surface area contributed by atoms with Crippen LogP contribution in [0.15, 0.2) is 58.3 Å². The summed E-state index contributed by atoms with van der Waals surface area (Å²) in [6.45, 7) is 1.68. The largest absolute Gasteiger partial charge is 0.508 e. The molecule has 0 heterocycles. The first kappa shape index (κ1) is 19.0. The first-order valence-corrected chi connectivity index (χ1v) is 10.5. The van der Waals surface area contributed by atoms with Gasteiger partial charge in [-0.2, -0.15) is 8.42 Å². The Kier molecular flexibility index (Phi) is 4.50. The first-order valence-electron chi connectivity index (χ1n) is 7.61. The third-order valence-electron chi connectivity index (χ3n) is 4.08. The fourth-order valence-corrected chi connectivity index (χ4v) is 4.26. The van der Waals surface area contributed by atoms with Crippen molar-refractivity contribution in [2.24, 2.45) is 0 Å². The molecule has 0 radical (unpaired) electrons. The molecule has 8 nitrogen and oxygen atoms in total. The van der Waals surface area contributed by atoms with Gasteiger partial charge in [0.1, 0.15) is 5.75 Å². The van der Waals surface area contributed by atoms with Crippen molar-refractivity contribution in [2.45, 2.75) is 16.7 Å². The van der Waals surface area contributed by atoms with E-state index in [1.165, 1.54) is 36.4 Å². The van der Waals surface area contributed by atoms with Gasteiger partial charge in [-0.05, 0) is 48.2 Å². The van der Waals surface area contributed by atoms with Crippen molar-refractivity contribution in [1.29, 1.82) is 0 Å². The number of fused-ring (bicyclic) bond motifs is 1. The molecule has 0 amide bonds. The number of aromatic hydroxyl groups is 1. The average Bonchev–Trinajstić information content (AvgIpc) is 2.58. The standard InChI is InChI=1S/C17H16N2O6S2/c1-10-14-6-5-12(8-15(14)16(18)9-17(10)20)26(21,22)19-11-3-2-4-13(7-11)27(23,24)25/h2-9,19-20H,18H2,1H3,(H,23,24,25). The Balaban J connectivity index is 2.06. The highest BCUT2D eigenvalue weighted by Gasteiger charge is 2.18. The molecule has 5 N–H and O–H groups in total. The van der Waals surface area contributed by atoms with Gasteiger partial charge in [0.25, 0.3) is 20.1 Å². The summed E-state index contributed by atoms with van der Waals surface area (Å²) in [6, 6.07) is 10.4. The van der Waals surface area contributed by atoms with Gasteiger partial charge >= 0.3 is 0 Å². The zero-order valence-electron chi connectivity index (χ0n) is 14.0. The Morgan fingerprint density at radius 2 is 1.63 bits per heavy atom. The van der Waals surface area contributed by atoms with E-state index in [0.29, 0.717) is 16.3 Å². The maximum absolute atomic E-state index is 12.7. The summed E-state index contributed by atoms with van der Waals surface area (Å²) in [5.41, 5.74) is 6.65. The summed E-state index contributed by atoms with van der Waals surface area (Å²) in [6.07, 6.45) is 0. The molecule has 142 valence electrons. The molecule has 0 fully saturated rings. The number of nitrogen functional groups attached to an aromatic ring is 1. The summed E-state index contributed by atoms with van der Waals surface area (Å²) in [5, 5.41) is 10.9. The van der Waals surface area contributed by atoms with E-state index < -0.39 is 25.0 Å². The Labute approximate surface area is 156 Å². The number of phenolic OH excluding ortho intramolecular Hbond substituents is 1. The molecule has 0 saturated carbocycles. The zero-order valence-corrected chi connectivity index (χ0v) is 15.7. The van der Waals surface area contributed by atoms with Crippen LogP contribution in [0.25, 0.3) is 10.8 Å². The third-order valence-corrected chi connectivity index (χ3v) is 6.31. The molecule has 0 spiro atoms. The van der Waals surface area contributed by atoms with Crippen molar-refractivity contribution in [3.63, 3.8) is 0 Å². The first-order chi connectivity index (χ1) is 12.5. The van der Waals surface area contributed by atoms with Crippen LogP contribution in [0.4, 0.5) is 11.4 Å². The van der Waals surface area contributed by atoms with Crippen LogP contribution in [0.1, 0.15) is 5.56 Å². The molecular formula is C17H16N2O6S2. The van der Waals surface area contributed by atoms with Crippen LogP contribution in [0.5, 0.6) is 5.75 Å². The van der Waals surface area contributed by atoms with E-state index in [0.717, 1.165) is 12.1 Å². The maximum Gasteiger partial charge on any atom is 0.294 e. The van der Waals surface area contributed by atoms with Gasteiger partial charge in [-0.3, -0.25) is 9.27 Å². The Morgan fingerprint density at radius 1 is 0.926 bits per heavy atom. The minimum atomic E-state index is -4.46. The SMILES string of the molecule is Cc1c(O)cc(N)c2cc(S(=O)(=O)Nc3cccc(S(=O)(=O)O)c3)ccc12. The number of hydrogen-bond donors (Lipinski definition) is 4. The van der Waals surface area contributed by atoms with E-state index in [4.69, 9.17) is 10.3 Å². The van der Waals surface area contributed by atoms with Gasteiger partial charge in [0.2, 0.25) is 0 Å². The average molecular weight is 408 g/mol. The lowest BCUT2D eigenvalue weighted by atomic mass is 10.0. The summed E-state index contributed by atoms with van der Waals surface area (Å²) < 4.78 is 59.1. The van der Waals surface area contributed by atoms with E-state index in [-0.39, 0.29) is 22.0 Å². The van der Waals surface area contributed by atoms with Crippen molar-refractivity contribution in [3.8, 4) is 5.75 Å². The quantitative estimate of drug-likeness (QED) is 0.383. The van der Waals surface area contributed by atoms with Gasteiger partial charge in [-0.25, -0.2) is 8.42 Å². The van der Waals surface area contributed by atoms with Crippen LogP contribution in [0.2, 0.25) is 0 Å². The van der Waals surface area contributed by atoms with Crippen molar-refractivity contribution in [2.75, 3.05) is 10.5 Å². The number of hydrogen-bond acceptors (Lipinski definition) is 6. The highest BCUT2D eigenvalue weighted by molar-refractivity contribution is 7.92. The van der Waals surface area contributed by atoms with E-state index in [2.05, 4.69) is 4.72 Å². The maximum atomic E-state index is 12.7. The second-order valence-electron chi connectivity index (χ2n) is 5.93. The Bertz CT molecular complexity index is 1270. The normalized spacial score (nSPS) is 12.2. The van der Waals surface area contributed by atoms with Crippen LogP contribution in [0, 0.1) is 6.92 Å². The van der Waals surface area contributed by atoms with Gasteiger partial charge in [0.15, 0.2) is 0 Å². The minimum absolute atomic E-state index is 0.00996. The molecule has 0 saturated heterocycles. The van der Waals surface area contributed by atoms with E-state index >= 15 is 0 Å².